The quantitative estimate of drug-likeness (QED) is 0.700. The summed E-state index contributed by atoms with van der Waals surface area (Å²) in [6.07, 6.45) is 3.96. The van der Waals surface area contributed by atoms with E-state index in [-0.39, 0.29) is 11.8 Å². The van der Waals surface area contributed by atoms with Crippen LogP contribution in [0.15, 0.2) is 48.0 Å². The first-order valence-electron chi connectivity index (χ1n) is 7.15. The van der Waals surface area contributed by atoms with Crippen molar-refractivity contribution in [3.8, 4) is 5.75 Å². The van der Waals surface area contributed by atoms with Crippen molar-refractivity contribution in [2.45, 2.75) is 25.8 Å². The van der Waals surface area contributed by atoms with Gasteiger partial charge in [-0.2, -0.15) is 0 Å². The Bertz CT molecular complexity index is 725. The predicted octanol–water partition coefficient (Wildman–Crippen LogP) is 4.96. The van der Waals surface area contributed by atoms with Crippen LogP contribution in [0.3, 0.4) is 0 Å². The standard InChI is InChI=1S/C17H18N2OS/c1-2-4-15(16-5-3-10-21-16)19-17-14-11-13(20)7-6-12(14)8-9-18-17/h3,5-11,15,20H,2,4H2,1H3,(H,18,19). The third-order valence-electron chi connectivity index (χ3n) is 3.52. The molecule has 1 aromatic carbocycles. The minimum atomic E-state index is 0.260. The molecule has 0 amide bonds. The Morgan fingerprint density at radius 1 is 1.29 bits per heavy atom. The van der Waals surface area contributed by atoms with Gasteiger partial charge in [-0.15, -0.1) is 11.3 Å². The fourth-order valence-corrected chi connectivity index (χ4v) is 3.31. The maximum Gasteiger partial charge on any atom is 0.134 e. The Morgan fingerprint density at radius 3 is 2.95 bits per heavy atom. The lowest BCUT2D eigenvalue weighted by molar-refractivity contribution is 0.476. The van der Waals surface area contributed by atoms with Crippen LogP contribution in [0.4, 0.5) is 5.82 Å². The second-order valence-corrected chi connectivity index (χ2v) is 6.05. The number of aromatic nitrogens is 1. The van der Waals surface area contributed by atoms with Gasteiger partial charge in [0.1, 0.15) is 11.6 Å². The Morgan fingerprint density at radius 2 is 2.19 bits per heavy atom. The molecule has 1 unspecified atom stereocenters. The molecule has 0 aliphatic carbocycles. The number of thiophene rings is 1. The first-order chi connectivity index (χ1) is 10.3. The molecule has 0 fully saturated rings. The van der Waals surface area contributed by atoms with Crippen LogP contribution in [0.5, 0.6) is 5.75 Å². The van der Waals surface area contributed by atoms with Gasteiger partial charge >= 0.3 is 0 Å². The molecule has 2 aromatic heterocycles. The Hall–Kier alpha value is -2.07. The zero-order valence-corrected chi connectivity index (χ0v) is 12.7. The molecule has 3 aromatic rings. The van der Waals surface area contributed by atoms with E-state index in [1.54, 1.807) is 29.7 Å². The minimum absolute atomic E-state index is 0.260. The van der Waals surface area contributed by atoms with Crippen molar-refractivity contribution in [2.75, 3.05) is 5.32 Å². The van der Waals surface area contributed by atoms with Crippen LogP contribution < -0.4 is 5.32 Å². The topological polar surface area (TPSA) is 45.2 Å². The molecule has 0 saturated carbocycles. The van der Waals surface area contributed by atoms with Gasteiger partial charge in [0.2, 0.25) is 0 Å². The molecule has 2 N–H and O–H groups in total. The molecule has 108 valence electrons. The van der Waals surface area contributed by atoms with Crippen molar-refractivity contribution >= 4 is 27.9 Å². The van der Waals surface area contributed by atoms with E-state index in [1.165, 1.54) is 4.88 Å². The number of hydrogen-bond donors (Lipinski definition) is 2. The molecule has 0 radical (unpaired) electrons. The summed E-state index contributed by atoms with van der Waals surface area (Å²) >= 11 is 1.76. The molecule has 0 saturated heterocycles. The van der Waals surface area contributed by atoms with Gasteiger partial charge in [0.25, 0.3) is 0 Å². The summed E-state index contributed by atoms with van der Waals surface area (Å²) in [6.45, 7) is 2.19. The van der Waals surface area contributed by atoms with Crippen molar-refractivity contribution in [2.24, 2.45) is 0 Å². The summed E-state index contributed by atoms with van der Waals surface area (Å²) in [7, 11) is 0. The summed E-state index contributed by atoms with van der Waals surface area (Å²) < 4.78 is 0. The first kappa shape index (κ1) is 13.9. The van der Waals surface area contributed by atoms with Gasteiger partial charge in [0.05, 0.1) is 6.04 Å². The average molecular weight is 298 g/mol. The van der Waals surface area contributed by atoms with Crippen LogP contribution in [0, 0.1) is 0 Å². The van der Waals surface area contributed by atoms with Crippen LogP contribution >= 0.6 is 11.3 Å². The van der Waals surface area contributed by atoms with E-state index in [9.17, 15) is 5.11 Å². The molecular formula is C17H18N2OS. The summed E-state index contributed by atoms with van der Waals surface area (Å²) in [6, 6.07) is 11.8. The van der Waals surface area contributed by atoms with Crippen LogP contribution in [0.1, 0.15) is 30.7 Å². The van der Waals surface area contributed by atoms with Gasteiger partial charge in [-0.1, -0.05) is 25.5 Å². The molecule has 4 heteroatoms. The van der Waals surface area contributed by atoms with Gasteiger partial charge in [-0.05, 0) is 41.5 Å². The van der Waals surface area contributed by atoms with Crippen LogP contribution in [0.25, 0.3) is 10.8 Å². The Balaban J connectivity index is 1.97. The summed E-state index contributed by atoms with van der Waals surface area (Å²) in [5, 5.41) is 17.4. The van der Waals surface area contributed by atoms with Gasteiger partial charge in [-0.3, -0.25) is 0 Å². The van der Waals surface area contributed by atoms with Crippen molar-refractivity contribution in [3.05, 3.63) is 52.9 Å². The van der Waals surface area contributed by atoms with Crippen LogP contribution in [-0.2, 0) is 0 Å². The predicted molar refractivity (Wildman–Crippen MR) is 89.0 cm³/mol. The Kier molecular flexibility index (Phi) is 4.06. The van der Waals surface area contributed by atoms with Crippen LogP contribution in [-0.4, -0.2) is 10.1 Å². The number of phenolic OH excluding ortho intramolecular Hbond substituents is 1. The lowest BCUT2D eigenvalue weighted by Crippen LogP contribution is -2.10. The Labute approximate surface area is 128 Å². The number of anilines is 1. The third-order valence-corrected chi connectivity index (χ3v) is 4.51. The second kappa shape index (κ2) is 6.14. The number of phenols is 1. The summed E-state index contributed by atoms with van der Waals surface area (Å²) in [5.74, 6) is 1.09. The molecule has 1 atom stereocenters. The van der Waals surface area contributed by atoms with E-state index in [0.29, 0.717) is 0 Å². The molecular weight excluding hydrogens is 280 g/mol. The number of hydrogen-bond acceptors (Lipinski definition) is 4. The average Bonchev–Trinajstić information content (AvgIpc) is 3.01. The van der Waals surface area contributed by atoms with Gasteiger partial charge in [0, 0.05) is 16.5 Å². The van der Waals surface area contributed by atoms with E-state index in [1.807, 2.05) is 12.1 Å². The zero-order valence-electron chi connectivity index (χ0n) is 11.9. The van der Waals surface area contributed by atoms with Gasteiger partial charge in [0.15, 0.2) is 0 Å². The minimum Gasteiger partial charge on any atom is -0.508 e. The molecule has 0 spiro atoms. The molecule has 21 heavy (non-hydrogen) atoms. The number of benzene rings is 1. The lowest BCUT2D eigenvalue weighted by Gasteiger charge is -2.18. The summed E-state index contributed by atoms with van der Waals surface area (Å²) in [5.41, 5.74) is 0. The number of fused-ring (bicyclic) bond motifs is 1. The van der Waals surface area contributed by atoms with Crippen molar-refractivity contribution in [1.82, 2.24) is 4.98 Å². The highest BCUT2D eigenvalue weighted by Gasteiger charge is 2.13. The SMILES string of the molecule is CCCC(Nc1nccc2ccc(O)cc12)c1cccs1. The van der Waals surface area contributed by atoms with E-state index in [0.717, 1.165) is 29.4 Å². The monoisotopic (exact) mass is 298 g/mol. The molecule has 3 rings (SSSR count). The highest BCUT2D eigenvalue weighted by atomic mass is 32.1. The highest BCUT2D eigenvalue weighted by molar-refractivity contribution is 7.10. The molecule has 0 bridgehead atoms. The maximum absolute atomic E-state index is 9.72. The maximum atomic E-state index is 9.72. The van der Waals surface area contributed by atoms with Gasteiger partial charge in [-0.25, -0.2) is 4.98 Å². The van der Waals surface area contributed by atoms with E-state index < -0.39 is 0 Å². The third kappa shape index (κ3) is 3.00. The second-order valence-electron chi connectivity index (χ2n) is 5.07. The smallest absolute Gasteiger partial charge is 0.134 e. The molecule has 2 heterocycles. The van der Waals surface area contributed by atoms with E-state index in [4.69, 9.17) is 0 Å². The first-order valence-corrected chi connectivity index (χ1v) is 8.03. The lowest BCUT2D eigenvalue weighted by atomic mass is 10.1. The summed E-state index contributed by atoms with van der Waals surface area (Å²) in [4.78, 5) is 5.78. The van der Waals surface area contributed by atoms with E-state index >= 15 is 0 Å². The van der Waals surface area contributed by atoms with Crippen molar-refractivity contribution in [1.29, 1.82) is 0 Å². The fraction of sp³-hybridized carbons (Fsp3) is 0.235. The number of aromatic hydroxyl groups is 1. The number of nitrogens with zero attached hydrogens (tertiary/aromatic N) is 1. The molecule has 0 aliphatic rings. The highest BCUT2D eigenvalue weighted by Crippen LogP contribution is 2.31. The normalized spacial score (nSPS) is 12.4. The number of nitrogens with one attached hydrogen (secondary N) is 1. The largest absolute Gasteiger partial charge is 0.508 e. The fourth-order valence-electron chi connectivity index (χ4n) is 2.50. The molecule has 3 nitrogen and oxygen atoms in total. The van der Waals surface area contributed by atoms with Crippen LogP contribution in [0.2, 0.25) is 0 Å². The molecule has 0 aliphatic heterocycles. The van der Waals surface area contributed by atoms with Crippen molar-refractivity contribution < 1.29 is 5.11 Å². The van der Waals surface area contributed by atoms with Gasteiger partial charge < -0.3 is 10.4 Å². The number of rotatable bonds is 5. The van der Waals surface area contributed by atoms with E-state index in [2.05, 4.69) is 34.7 Å². The van der Waals surface area contributed by atoms with Crippen molar-refractivity contribution in [3.63, 3.8) is 0 Å². The number of pyridine rings is 1. The zero-order chi connectivity index (χ0) is 14.7.